The number of Topliss-reactive ketones (excluding diaryl/α,β-unsaturated/α-hetero) is 2. The third-order valence-corrected chi connectivity index (χ3v) is 6.11. The molecule has 1 aromatic carbocycles. The van der Waals surface area contributed by atoms with Crippen LogP contribution in [0, 0.1) is 11.8 Å². The number of anilines is 1. The quantitative estimate of drug-likeness (QED) is 0.599. The minimum Gasteiger partial charge on any atom is -0.497 e. The van der Waals surface area contributed by atoms with Crippen LogP contribution < -0.4 is 21.7 Å². The number of ether oxygens (including phenoxy) is 1. The number of methoxy groups -OCH3 is 1. The SMILES string of the molecule is COc1ccc(C(=O)C2CCN(CC(=O)c3c(N)n(CC(C)C)c(=O)n(C)c3=O)CC2)cc1. The van der Waals surface area contributed by atoms with E-state index in [0.29, 0.717) is 43.8 Å². The summed E-state index contributed by atoms with van der Waals surface area (Å²) in [6, 6.07) is 7.07. The van der Waals surface area contributed by atoms with Gasteiger partial charge in [0, 0.05) is 25.1 Å². The van der Waals surface area contributed by atoms with E-state index in [1.165, 1.54) is 11.6 Å². The Hall–Kier alpha value is -3.20. The van der Waals surface area contributed by atoms with Crippen molar-refractivity contribution < 1.29 is 14.3 Å². The largest absolute Gasteiger partial charge is 0.497 e. The highest BCUT2D eigenvalue weighted by atomic mass is 16.5. The Labute approximate surface area is 192 Å². The van der Waals surface area contributed by atoms with Crippen LogP contribution in [0.2, 0.25) is 0 Å². The molecule has 0 atom stereocenters. The number of rotatable bonds is 8. The normalized spacial score (nSPS) is 15.1. The van der Waals surface area contributed by atoms with E-state index < -0.39 is 17.0 Å². The standard InChI is InChI=1S/C24H32N4O5/c1-15(2)13-28-22(25)20(23(31)26(3)24(28)32)19(29)14-27-11-9-17(10-12-27)21(30)16-5-7-18(33-4)8-6-16/h5-8,15,17H,9-14,25H2,1-4H3. The van der Waals surface area contributed by atoms with Crippen molar-refractivity contribution in [1.82, 2.24) is 14.0 Å². The topological polar surface area (TPSA) is 117 Å². The predicted octanol–water partition coefficient (Wildman–Crippen LogP) is 1.57. The number of aromatic nitrogens is 2. The lowest BCUT2D eigenvalue weighted by molar-refractivity contribution is 0.0805. The molecule has 0 saturated carbocycles. The molecule has 1 aromatic heterocycles. The molecule has 1 fully saturated rings. The summed E-state index contributed by atoms with van der Waals surface area (Å²) < 4.78 is 7.36. The fourth-order valence-electron chi connectivity index (χ4n) is 4.21. The molecule has 0 unspecified atom stereocenters. The number of hydrogen-bond acceptors (Lipinski definition) is 7. The van der Waals surface area contributed by atoms with Crippen LogP contribution in [0.4, 0.5) is 5.82 Å². The minimum atomic E-state index is -0.674. The van der Waals surface area contributed by atoms with Crippen LogP contribution in [0.25, 0.3) is 0 Å². The first-order chi connectivity index (χ1) is 15.6. The van der Waals surface area contributed by atoms with Crippen molar-refractivity contribution in [3.05, 3.63) is 56.2 Å². The number of nitrogen functional groups attached to an aromatic ring is 1. The van der Waals surface area contributed by atoms with Gasteiger partial charge >= 0.3 is 5.69 Å². The second-order valence-corrected chi connectivity index (χ2v) is 8.98. The Balaban J connectivity index is 1.69. The maximum Gasteiger partial charge on any atom is 0.332 e. The van der Waals surface area contributed by atoms with Crippen molar-refractivity contribution in [3.63, 3.8) is 0 Å². The monoisotopic (exact) mass is 456 g/mol. The van der Waals surface area contributed by atoms with Crippen LogP contribution in [-0.4, -0.2) is 52.3 Å². The van der Waals surface area contributed by atoms with Gasteiger partial charge in [-0.25, -0.2) is 4.79 Å². The first-order valence-electron chi connectivity index (χ1n) is 11.2. The highest BCUT2D eigenvalue weighted by Gasteiger charge is 2.29. The molecular weight excluding hydrogens is 424 g/mol. The molecule has 1 saturated heterocycles. The molecule has 3 rings (SSSR count). The Morgan fingerprint density at radius 3 is 2.27 bits per heavy atom. The number of piperidine rings is 1. The lowest BCUT2D eigenvalue weighted by Crippen LogP contribution is -2.45. The minimum absolute atomic E-state index is 0.0166. The molecule has 2 aromatic rings. The summed E-state index contributed by atoms with van der Waals surface area (Å²) in [5.41, 5.74) is 5.41. The number of carbonyl (C=O) groups is 2. The van der Waals surface area contributed by atoms with Crippen LogP contribution in [0.5, 0.6) is 5.75 Å². The average Bonchev–Trinajstić information content (AvgIpc) is 2.80. The maximum absolute atomic E-state index is 13.0. The van der Waals surface area contributed by atoms with E-state index in [4.69, 9.17) is 10.5 Å². The number of hydrogen-bond donors (Lipinski definition) is 1. The Morgan fingerprint density at radius 2 is 1.73 bits per heavy atom. The smallest absolute Gasteiger partial charge is 0.332 e. The van der Waals surface area contributed by atoms with Crippen molar-refractivity contribution in [2.24, 2.45) is 18.9 Å². The van der Waals surface area contributed by atoms with E-state index in [9.17, 15) is 19.2 Å². The van der Waals surface area contributed by atoms with Gasteiger partial charge in [0.05, 0.1) is 13.7 Å². The molecule has 0 radical (unpaired) electrons. The van der Waals surface area contributed by atoms with Crippen LogP contribution in [0.1, 0.15) is 47.4 Å². The van der Waals surface area contributed by atoms with Crippen molar-refractivity contribution in [2.75, 3.05) is 32.5 Å². The van der Waals surface area contributed by atoms with Gasteiger partial charge in [-0.2, -0.15) is 0 Å². The molecule has 33 heavy (non-hydrogen) atoms. The number of nitrogens with two attached hydrogens (primary N) is 1. The van der Waals surface area contributed by atoms with Crippen LogP contribution >= 0.6 is 0 Å². The third-order valence-electron chi connectivity index (χ3n) is 6.11. The molecule has 0 aliphatic carbocycles. The lowest BCUT2D eigenvalue weighted by Gasteiger charge is -2.30. The van der Waals surface area contributed by atoms with Gasteiger partial charge in [0.2, 0.25) is 0 Å². The molecule has 0 bridgehead atoms. The summed E-state index contributed by atoms with van der Waals surface area (Å²) in [6.45, 7) is 5.31. The van der Waals surface area contributed by atoms with Gasteiger partial charge in [0.15, 0.2) is 11.6 Å². The Kier molecular flexibility index (Phi) is 7.53. The number of likely N-dealkylation sites (tertiary alicyclic amines) is 1. The molecule has 9 heteroatoms. The van der Waals surface area contributed by atoms with E-state index in [2.05, 4.69) is 0 Å². The molecule has 1 aliphatic rings. The van der Waals surface area contributed by atoms with Gasteiger partial charge in [-0.1, -0.05) is 13.8 Å². The summed E-state index contributed by atoms with van der Waals surface area (Å²) >= 11 is 0. The Morgan fingerprint density at radius 1 is 1.12 bits per heavy atom. The van der Waals surface area contributed by atoms with Gasteiger partial charge in [-0.3, -0.25) is 28.4 Å². The van der Waals surface area contributed by atoms with Crippen LogP contribution in [0.15, 0.2) is 33.9 Å². The Bertz CT molecular complexity index is 1140. The molecule has 2 heterocycles. The zero-order valence-electron chi connectivity index (χ0n) is 19.7. The molecule has 0 amide bonds. The maximum atomic E-state index is 13.0. The van der Waals surface area contributed by atoms with Crippen LogP contribution in [0.3, 0.4) is 0 Å². The van der Waals surface area contributed by atoms with E-state index in [0.717, 1.165) is 4.57 Å². The highest BCUT2D eigenvalue weighted by Crippen LogP contribution is 2.23. The number of carbonyl (C=O) groups excluding carboxylic acids is 2. The first-order valence-corrected chi connectivity index (χ1v) is 11.2. The van der Waals surface area contributed by atoms with Crippen molar-refractivity contribution in [2.45, 2.75) is 33.2 Å². The van der Waals surface area contributed by atoms with Gasteiger partial charge in [-0.05, 0) is 56.1 Å². The van der Waals surface area contributed by atoms with E-state index >= 15 is 0 Å². The zero-order valence-corrected chi connectivity index (χ0v) is 19.7. The van der Waals surface area contributed by atoms with Crippen molar-refractivity contribution >= 4 is 17.4 Å². The molecule has 178 valence electrons. The molecule has 2 N–H and O–H groups in total. The third kappa shape index (κ3) is 5.24. The number of ketones is 2. The summed E-state index contributed by atoms with van der Waals surface area (Å²) in [5.74, 6) is 0.299. The summed E-state index contributed by atoms with van der Waals surface area (Å²) in [5, 5.41) is 0. The molecular formula is C24H32N4O5. The van der Waals surface area contributed by atoms with Crippen LogP contribution in [-0.2, 0) is 13.6 Å². The fraction of sp³-hybridized carbons (Fsp3) is 0.500. The summed E-state index contributed by atoms with van der Waals surface area (Å²) in [7, 11) is 2.93. The van der Waals surface area contributed by atoms with Crippen molar-refractivity contribution in [3.8, 4) is 5.75 Å². The van der Waals surface area contributed by atoms with Crippen molar-refractivity contribution in [1.29, 1.82) is 0 Å². The molecule has 0 spiro atoms. The highest BCUT2D eigenvalue weighted by molar-refractivity contribution is 6.01. The van der Waals surface area contributed by atoms with E-state index in [1.54, 1.807) is 31.4 Å². The summed E-state index contributed by atoms with van der Waals surface area (Å²) in [4.78, 5) is 52.9. The van der Waals surface area contributed by atoms with E-state index in [1.807, 2.05) is 18.7 Å². The lowest BCUT2D eigenvalue weighted by atomic mass is 9.88. The number of benzene rings is 1. The number of nitrogens with zero attached hydrogens (tertiary/aromatic N) is 3. The van der Waals surface area contributed by atoms with Gasteiger partial charge in [0.1, 0.15) is 17.1 Å². The molecule has 1 aliphatic heterocycles. The summed E-state index contributed by atoms with van der Waals surface area (Å²) in [6.07, 6.45) is 1.25. The zero-order chi connectivity index (χ0) is 24.3. The second-order valence-electron chi connectivity index (χ2n) is 8.98. The predicted molar refractivity (Wildman–Crippen MR) is 126 cm³/mol. The average molecular weight is 457 g/mol. The van der Waals surface area contributed by atoms with Gasteiger partial charge in [0.25, 0.3) is 5.56 Å². The molecule has 9 nitrogen and oxygen atoms in total. The second kappa shape index (κ2) is 10.2. The van der Waals surface area contributed by atoms with Gasteiger partial charge < -0.3 is 10.5 Å². The first kappa shape index (κ1) is 24.4. The van der Waals surface area contributed by atoms with Gasteiger partial charge in [-0.15, -0.1) is 0 Å². The van der Waals surface area contributed by atoms with E-state index in [-0.39, 0.29) is 35.5 Å². The fourth-order valence-corrected chi connectivity index (χ4v) is 4.21.